The number of hydrogen-bond acceptors (Lipinski definition) is 4. The van der Waals surface area contributed by atoms with Gasteiger partial charge in [0.25, 0.3) is 5.56 Å². The minimum Gasteiger partial charge on any atom is -0.354 e. The zero-order valence-corrected chi connectivity index (χ0v) is 11.6. The molecule has 1 aromatic heterocycles. The SMILES string of the molecule is CCN(c1cc(=O)[nH]c(C)n1)C1CC2CCC(C1)N2. The molecule has 0 radical (unpaired) electrons. The van der Waals surface area contributed by atoms with Crippen molar-refractivity contribution in [3.63, 3.8) is 0 Å². The molecule has 5 heteroatoms. The Hall–Kier alpha value is -1.36. The number of aromatic nitrogens is 2. The molecule has 2 bridgehead atoms. The van der Waals surface area contributed by atoms with Crippen LogP contribution in [0, 0.1) is 6.92 Å². The molecule has 3 heterocycles. The zero-order chi connectivity index (χ0) is 13.4. The summed E-state index contributed by atoms with van der Waals surface area (Å²) in [5.41, 5.74) is -0.0575. The average Bonchev–Trinajstić information content (AvgIpc) is 2.68. The molecule has 2 atom stereocenters. The third-order valence-corrected chi connectivity index (χ3v) is 4.37. The molecule has 0 saturated carbocycles. The van der Waals surface area contributed by atoms with Crippen molar-refractivity contribution in [2.75, 3.05) is 11.4 Å². The van der Waals surface area contributed by atoms with Gasteiger partial charge in [0.1, 0.15) is 11.6 Å². The van der Waals surface area contributed by atoms with Gasteiger partial charge in [-0.1, -0.05) is 0 Å². The normalized spacial score (nSPS) is 29.5. The van der Waals surface area contributed by atoms with E-state index < -0.39 is 0 Å². The van der Waals surface area contributed by atoms with E-state index >= 15 is 0 Å². The summed E-state index contributed by atoms with van der Waals surface area (Å²) in [6.45, 7) is 4.88. The van der Waals surface area contributed by atoms with E-state index in [1.165, 1.54) is 12.8 Å². The second-order valence-electron chi connectivity index (χ2n) is 5.74. The van der Waals surface area contributed by atoms with E-state index in [-0.39, 0.29) is 5.56 Å². The highest BCUT2D eigenvalue weighted by molar-refractivity contribution is 5.39. The first kappa shape index (κ1) is 12.7. The molecule has 2 aliphatic rings. The number of aryl methyl sites for hydroxylation is 1. The van der Waals surface area contributed by atoms with Gasteiger partial charge in [-0.25, -0.2) is 4.98 Å². The number of aromatic amines is 1. The van der Waals surface area contributed by atoms with E-state index in [1.807, 2.05) is 6.92 Å². The van der Waals surface area contributed by atoms with Crippen LogP contribution in [0.2, 0.25) is 0 Å². The van der Waals surface area contributed by atoms with Gasteiger partial charge >= 0.3 is 0 Å². The molecule has 2 N–H and O–H groups in total. The number of anilines is 1. The second-order valence-corrected chi connectivity index (χ2v) is 5.74. The van der Waals surface area contributed by atoms with E-state index in [1.54, 1.807) is 6.07 Å². The molecule has 19 heavy (non-hydrogen) atoms. The first-order valence-corrected chi connectivity index (χ1v) is 7.26. The van der Waals surface area contributed by atoms with Gasteiger partial charge in [0.2, 0.25) is 0 Å². The lowest BCUT2D eigenvalue weighted by atomic mass is 9.98. The lowest BCUT2D eigenvalue weighted by Gasteiger charge is -2.38. The van der Waals surface area contributed by atoms with Crippen LogP contribution in [0.1, 0.15) is 38.4 Å². The van der Waals surface area contributed by atoms with Crippen LogP contribution < -0.4 is 15.8 Å². The molecule has 0 spiro atoms. The van der Waals surface area contributed by atoms with Gasteiger partial charge in [0, 0.05) is 30.7 Å². The van der Waals surface area contributed by atoms with Crippen molar-refractivity contribution in [3.8, 4) is 0 Å². The number of fused-ring (bicyclic) bond motifs is 2. The Labute approximate surface area is 113 Å². The lowest BCUT2D eigenvalue weighted by molar-refractivity contribution is 0.348. The summed E-state index contributed by atoms with van der Waals surface area (Å²) in [6.07, 6.45) is 4.91. The Morgan fingerprint density at radius 2 is 2.05 bits per heavy atom. The smallest absolute Gasteiger partial charge is 0.252 e. The third-order valence-electron chi connectivity index (χ3n) is 4.37. The Morgan fingerprint density at radius 1 is 1.37 bits per heavy atom. The molecule has 2 fully saturated rings. The maximum atomic E-state index is 11.6. The van der Waals surface area contributed by atoms with Crippen LogP contribution in [0.15, 0.2) is 10.9 Å². The summed E-state index contributed by atoms with van der Waals surface area (Å²) in [7, 11) is 0. The van der Waals surface area contributed by atoms with Crippen LogP contribution in [0.25, 0.3) is 0 Å². The van der Waals surface area contributed by atoms with Gasteiger partial charge in [0.15, 0.2) is 0 Å². The van der Waals surface area contributed by atoms with Gasteiger partial charge in [-0.2, -0.15) is 0 Å². The highest BCUT2D eigenvalue weighted by Crippen LogP contribution is 2.31. The van der Waals surface area contributed by atoms with E-state index in [9.17, 15) is 4.79 Å². The molecule has 0 amide bonds. The Morgan fingerprint density at radius 3 is 2.63 bits per heavy atom. The Balaban J connectivity index is 1.85. The summed E-state index contributed by atoms with van der Waals surface area (Å²) >= 11 is 0. The van der Waals surface area contributed by atoms with Crippen LogP contribution in [0.4, 0.5) is 5.82 Å². The monoisotopic (exact) mass is 262 g/mol. The highest BCUT2D eigenvalue weighted by Gasteiger charge is 2.36. The molecule has 2 unspecified atom stereocenters. The molecule has 2 saturated heterocycles. The quantitative estimate of drug-likeness (QED) is 0.859. The molecule has 104 valence electrons. The molecule has 2 aliphatic heterocycles. The van der Waals surface area contributed by atoms with Crippen molar-refractivity contribution >= 4 is 5.82 Å². The average molecular weight is 262 g/mol. The fraction of sp³-hybridized carbons (Fsp3) is 0.714. The van der Waals surface area contributed by atoms with Crippen LogP contribution >= 0.6 is 0 Å². The molecule has 0 aliphatic carbocycles. The van der Waals surface area contributed by atoms with Crippen LogP contribution in [-0.2, 0) is 0 Å². The molecule has 3 rings (SSSR count). The first-order chi connectivity index (χ1) is 9.15. The predicted octanol–water partition coefficient (Wildman–Crippen LogP) is 1.19. The van der Waals surface area contributed by atoms with E-state index in [0.29, 0.717) is 23.9 Å². The van der Waals surface area contributed by atoms with Crippen LogP contribution in [0.3, 0.4) is 0 Å². The first-order valence-electron chi connectivity index (χ1n) is 7.26. The number of nitrogens with zero attached hydrogens (tertiary/aromatic N) is 2. The van der Waals surface area contributed by atoms with Gasteiger partial charge in [-0.3, -0.25) is 4.79 Å². The summed E-state index contributed by atoms with van der Waals surface area (Å²) in [4.78, 5) is 21.1. The van der Waals surface area contributed by atoms with Gasteiger partial charge < -0.3 is 15.2 Å². The summed E-state index contributed by atoms with van der Waals surface area (Å²) in [5.74, 6) is 1.52. The van der Waals surface area contributed by atoms with Gasteiger partial charge in [0.05, 0.1) is 0 Å². The van der Waals surface area contributed by atoms with Crippen molar-refractivity contribution in [2.45, 2.75) is 57.7 Å². The fourth-order valence-corrected chi connectivity index (χ4v) is 3.60. The highest BCUT2D eigenvalue weighted by atomic mass is 16.1. The predicted molar refractivity (Wildman–Crippen MR) is 75.6 cm³/mol. The number of hydrogen-bond donors (Lipinski definition) is 2. The van der Waals surface area contributed by atoms with Gasteiger partial charge in [-0.05, 0) is 39.5 Å². The van der Waals surface area contributed by atoms with Crippen molar-refractivity contribution in [1.29, 1.82) is 0 Å². The standard InChI is InChI=1S/C14H22N4O/c1-3-18(13-8-14(19)16-9(2)15-13)12-6-10-4-5-11(7-12)17-10/h8,10-12,17H,3-7H2,1-2H3,(H,15,16,19). The number of nitrogens with one attached hydrogen (secondary N) is 2. The Kier molecular flexibility index (Phi) is 3.31. The number of piperidine rings is 1. The minimum atomic E-state index is -0.0575. The van der Waals surface area contributed by atoms with E-state index in [2.05, 4.69) is 27.1 Å². The Bertz CT molecular complexity index is 500. The summed E-state index contributed by atoms with van der Waals surface area (Å²) in [6, 6.07) is 3.44. The topological polar surface area (TPSA) is 61.0 Å². The van der Waals surface area contributed by atoms with Crippen molar-refractivity contribution in [1.82, 2.24) is 15.3 Å². The maximum absolute atomic E-state index is 11.6. The molecular formula is C14H22N4O. The van der Waals surface area contributed by atoms with Crippen molar-refractivity contribution < 1.29 is 0 Å². The minimum absolute atomic E-state index is 0.0575. The second kappa shape index (κ2) is 4.96. The number of rotatable bonds is 3. The van der Waals surface area contributed by atoms with E-state index in [0.717, 1.165) is 25.2 Å². The summed E-state index contributed by atoms with van der Waals surface area (Å²) in [5, 5.41) is 3.66. The van der Waals surface area contributed by atoms with Crippen LogP contribution in [0.5, 0.6) is 0 Å². The third kappa shape index (κ3) is 2.52. The maximum Gasteiger partial charge on any atom is 0.252 e. The molecule has 5 nitrogen and oxygen atoms in total. The number of H-pyrrole nitrogens is 1. The fourth-order valence-electron chi connectivity index (χ4n) is 3.60. The molecule has 1 aromatic rings. The molecule has 0 aromatic carbocycles. The van der Waals surface area contributed by atoms with Crippen molar-refractivity contribution in [3.05, 3.63) is 22.2 Å². The van der Waals surface area contributed by atoms with E-state index in [4.69, 9.17) is 0 Å². The largest absolute Gasteiger partial charge is 0.354 e. The lowest BCUT2D eigenvalue weighted by Crippen LogP contribution is -2.48. The summed E-state index contributed by atoms with van der Waals surface area (Å²) < 4.78 is 0. The van der Waals surface area contributed by atoms with Crippen molar-refractivity contribution in [2.24, 2.45) is 0 Å². The zero-order valence-electron chi connectivity index (χ0n) is 11.6. The molecular weight excluding hydrogens is 240 g/mol. The van der Waals surface area contributed by atoms with Gasteiger partial charge in [-0.15, -0.1) is 0 Å². The van der Waals surface area contributed by atoms with Crippen LogP contribution in [-0.4, -0.2) is 34.6 Å².